The van der Waals surface area contributed by atoms with Crippen LogP contribution >= 0.6 is 34.8 Å². The Labute approximate surface area is 182 Å². The van der Waals surface area contributed by atoms with Gasteiger partial charge in [0.2, 0.25) is 0 Å². The van der Waals surface area contributed by atoms with E-state index >= 15 is 0 Å². The lowest BCUT2D eigenvalue weighted by atomic mass is 10.2. The van der Waals surface area contributed by atoms with Crippen molar-refractivity contribution in [3.05, 3.63) is 87.4 Å². The zero-order chi connectivity index (χ0) is 20.8. The molecule has 0 aliphatic rings. The Kier molecular flexibility index (Phi) is 6.99. The van der Waals surface area contributed by atoms with Crippen molar-refractivity contribution in [1.82, 2.24) is 0 Å². The summed E-state index contributed by atoms with van der Waals surface area (Å²) in [4.78, 5) is 24.2. The number of amides is 1. The monoisotopic (exact) mass is 449 g/mol. The van der Waals surface area contributed by atoms with E-state index in [2.05, 4.69) is 5.32 Å². The lowest BCUT2D eigenvalue weighted by Gasteiger charge is -2.09. The largest absolute Gasteiger partial charge is 0.480 e. The fraction of sp³-hybridized carbons (Fsp3) is 0.0476. The van der Waals surface area contributed by atoms with Crippen molar-refractivity contribution in [2.75, 3.05) is 11.9 Å². The van der Waals surface area contributed by atoms with Gasteiger partial charge in [0, 0.05) is 27.4 Å². The molecule has 1 amide bonds. The Morgan fingerprint density at radius 2 is 1.48 bits per heavy atom. The molecule has 0 heterocycles. The van der Waals surface area contributed by atoms with Gasteiger partial charge in [0.15, 0.2) is 6.61 Å². The van der Waals surface area contributed by atoms with Crippen molar-refractivity contribution in [1.29, 1.82) is 0 Å². The summed E-state index contributed by atoms with van der Waals surface area (Å²) in [6, 6.07) is 17.6. The third-order valence-electron chi connectivity index (χ3n) is 3.69. The van der Waals surface area contributed by atoms with Gasteiger partial charge in [0.05, 0.1) is 5.02 Å². The Bertz CT molecular complexity index is 1020. The van der Waals surface area contributed by atoms with Crippen LogP contribution in [0.15, 0.2) is 66.7 Å². The molecule has 3 aromatic rings. The van der Waals surface area contributed by atoms with Crippen molar-refractivity contribution in [3.8, 4) is 11.5 Å². The molecule has 148 valence electrons. The molecule has 0 saturated carbocycles. The van der Waals surface area contributed by atoms with Gasteiger partial charge in [0.25, 0.3) is 5.91 Å². The van der Waals surface area contributed by atoms with E-state index in [0.717, 1.165) is 0 Å². The Hall–Kier alpha value is -2.73. The second-order valence-electron chi connectivity index (χ2n) is 5.82. The molecule has 5 nitrogen and oxygen atoms in total. The first-order valence-electron chi connectivity index (χ1n) is 8.36. The van der Waals surface area contributed by atoms with Crippen LogP contribution in [0, 0.1) is 0 Å². The zero-order valence-electron chi connectivity index (χ0n) is 14.8. The first kappa shape index (κ1) is 21.0. The molecule has 0 unspecified atom stereocenters. The molecule has 0 radical (unpaired) electrons. The maximum Gasteiger partial charge on any atom is 0.349 e. The maximum absolute atomic E-state index is 12.3. The van der Waals surface area contributed by atoms with Crippen LogP contribution in [-0.4, -0.2) is 18.5 Å². The summed E-state index contributed by atoms with van der Waals surface area (Å²) in [5.74, 6) is -0.368. The summed E-state index contributed by atoms with van der Waals surface area (Å²) in [5, 5.41) is 4.09. The van der Waals surface area contributed by atoms with E-state index in [1.54, 1.807) is 48.5 Å². The summed E-state index contributed by atoms with van der Waals surface area (Å²) < 4.78 is 10.5. The normalized spacial score (nSPS) is 10.3. The van der Waals surface area contributed by atoms with Crippen molar-refractivity contribution >= 4 is 52.4 Å². The number of esters is 1. The number of benzene rings is 3. The highest BCUT2D eigenvalue weighted by molar-refractivity contribution is 6.34. The van der Waals surface area contributed by atoms with Crippen LogP contribution < -0.4 is 14.8 Å². The average Bonchev–Trinajstić information content (AvgIpc) is 2.71. The minimum absolute atomic E-state index is 0.277. The summed E-state index contributed by atoms with van der Waals surface area (Å²) in [5.41, 5.74) is 1.02. The van der Waals surface area contributed by atoms with Crippen LogP contribution in [0.4, 0.5) is 5.69 Å². The SMILES string of the molecule is O=C(COc1cc(Cl)ccc1Cl)Oc1ccc(C(=O)Nc2ccc(Cl)cc2)cc1. The molecule has 0 bridgehead atoms. The first-order valence-corrected chi connectivity index (χ1v) is 9.49. The quantitative estimate of drug-likeness (QED) is 0.376. The van der Waals surface area contributed by atoms with E-state index in [-0.39, 0.29) is 24.0 Å². The van der Waals surface area contributed by atoms with E-state index in [0.29, 0.717) is 26.3 Å². The lowest BCUT2D eigenvalue weighted by molar-refractivity contribution is -0.136. The predicted molar refractivity (Wildman–Crippen MR) is 113 cm³/mol. The van der Waals surface area contributed by atoms with Gasteiger partial charge >= 0.3 is 5.97 Å². The second kappa shape index (κ2) is 9.65. The summed E-state index contributed by atoms with van der Waals surface area (Å²) >= 11 is 17.7. The molecule has 0 saturated heterocycles. The highest BCUT2D eigenvalue weighted by Gasteiger charge is 2.11. The Morgan fingerprint density at radius 1 is 0.828 bits per heavy atom. The number of rotatable bonds is 6. The molecule has 0 atom stereocenters. The molecule has 29 heavy (non-hydrogen) atoms. The number of nitrogens with one attached hydrogen (secondary N) is 1. The van der Waals surface area contributed by atoms with Gasteiger partial charge in [-0.25, -0.2) is 4.79 Å². The molecule has 8 heteroatoms. The standard InChI is InChI=1S/C21H14Cl3NO4/c22-14-3-6-16(7-4-14)25-21(27)13-1-8-17(9-2-13)29-20(26)12-28-19-11-15(23)5-10-18(19)24/h1-11H,12H2,(H,25,27). The fourth-order valence-electron chi connectivity index (χ4n) is 2.30. The third kappa shape index (κ3) is 6.12. The van der Waals surface area contributed by atoms with Crippen LogP contribution in [-0.2, 0) is 4.79 Å². The summed E-state index contributed by atoms with van der Waals surface area (Å²) in [6.07, 6.45) is 0. The van der Waals surface area contributed by atoms with Crippen LogP contribution in [0.1, 0.15) is 10.4 Å². The zero-order valence-corrected chi connectivity index (χ0v) is 17.1. The number of ether oxygens (including phenoxy) is 2. The molecule has 0 spiro atoms. The maximum atomic E-state index is 12.3. The van der Waals surface area contributed by atoms with Gasteiger partial charge in [0.1, 0.15) is 11.5 Å². The molecular formula is C21H14Cl3NO4. The molecular weight excluding hydrogens is 437 g/mol. The average molecular weight is 451 g/mol. The molecule has 0 aliphatic heterocycles. The third-order valence-corrected chi connectivity index (χ3v) is 4.49. The van der Waals surface area contributed by atoms with Crippen molar-refractivity contribution in [3.63, 3.8) is 0 Å². The predicted octanol–water partition coefficient (Wildman–Crippen LogP) is 5.88. The molecule has 3 rings (SSSR count). The highest BCUT2D eigenvalue weighted by Crippen LogP contribution is 2.27. The van der Waals surface area contributed by atoms with Gasteiger partial charge in [-0.05, 0) is 60.7 Å². The number of hydrogen-bond donors (Lipinski definition) is 1. The summed E-state index contributed by atoms with van der Waals surface area (Å²) in [7, 11) is 0. The van der Waals surface area contributed by atoms with Crippen molar-refractivity contribution in [2.45, 2.75) is 0 Å². The molecule has 0 fully saturated rings. The number of anilines is 1. The van der Waals surface area contributed by atoms with E-state index in [9.17, 15) is 9.59 Å². The van der Waals surface area contributed by atoms with Crippen LogP contribution in [0.3, 0.4) is 0 Å². The minimum atomic E-state index is -0.626. The van der Waals surface area contributed by atoms with E-state index < -0.39 is 5.97 Å². The van der Waals surface area contributed by atoms with E-state index in [1.807, 2.05) is 0 Å². The fourth-order valence-corrected chi connectivity index (χ4v) is 2.76. The van der Waals surface area contributed by atoms with Gasteiger partial charge < -0.3 is 14.8 Å². The van der Waals surface area contributed by atoms with Crippen LogP contribution in [0.5, 0.6) is 11.5 Å². The van der Waals surface area contributed by atoms with Crippen molar-refractivity contribution in [2.24, 2.45) is 0 Å². The van der Waals surface area contributed by atoms with Crippen LogP contribution in [0.2, 0.25) is 15.1 Å². The Balaban J connectivity index is 1.54. The van der Waals surface area contributed by atoms with Crippen molar-refractivity contribution < 1.29 is 19.1 Å². The topological polar surface area (TPSA) is 64.6 Å². The van der Waals surface area contributed by atoms with Gasteiger partial charge in [-0.3, -0.25) is 4.79 Å². The second-order valence-corrected chi connectivity index (χ2v) is 7.10. The lowest BCUT2D eigenvalue weighted by Crippen LogP contribution is -2.18. The minimum Gasteiger partial charge on any atom is -0.480 e. The molecule has 3 aromatic carbocycles. The highest BCUT2D eigenvalue weighted by atomic mass is 35.5. The first-order chi connectivity index (χ1) is 13.9. The van der Waals surface area contributed by atoms with Gasteiger partial charge in [-0.1, -0.05) is 34.8 Å². The molecule has 0 aromatic heterocycles. The summed E-state index contributed by atoms with van der Waals surface area (Å²) in [6.45, 7) is -0.348. The molecule has 1 N–H and O–H groups in total. The molecule has 0 aliphatic carbocycles. The van der Waals surface area contributed by atoms with Crippen LogP contribution in [0.25, 0.3) is 0 Å². The number of carbonyl (C=O) groups excluding carboxylic acids is 2. The smallest absolute Gasteiger partial charge is 0.349 e. The number of carbonyl (C=O) groups is 2. The number of hydrogen-bond acceptors (Lipinski definition) is 4. The van der Waals surface area contributed by atoms with E-state index in [1.165, 1.54) is 18.2 Å². The van der Waals surface area contributed by atoms with Gasteiger partial charge in [-0.2, -0.15) is 0 Å². The van der Waals surface area contributed by atoms with Gasteiger partial charge in [-0.15, -0.1) is 0 Å². The number of halogens is 3. The van der Waals surface area contributed by atoms with E-state index in [4.69, 9.17) is 44.3 Å². The Morgan fingerprint density at radius 3 is 2.17 bits per heavy atom.